The lowest BCUT2D eigenvalue weighted by Crippen LogP contribution is -2.11. The summed E-state index contributed by atoms with van der Waals surface area (Å²) in [5.74, 6) is -1.27. The van der Waals surface area contributed by atoms with Crippen LogP contribution in [0.4, 0.5) is 17.6 Å². The van der Waals surface area contributed by atoms with Crippen molar-refractivity contribution in [3.8, 4) is 0 Å². The highest BCUT2D eigenvalue weighted by Crippen LogP contribution is 2.31. The number of alkyl halides is 3. The molecule has 0 bridgehead atoms. The van der Waals surface area contributed by atoms with Crippen LogP contribution in [0.1, 0.15) is 15.9 Å². The average molecular weight is 193 g/mol. The first-order chi connectivity index (χ1) is 5.96. The standard InChI is InChI=1S/C7H3F4NO/c8-6-2-12-1-5(4(6)3-13)7(9,10)11/h1-3H. The number of hydrogen-bond acceptors (Lipinski definition) is 2. The second-order valence-corrected chi connectivity index (χ2v) is 2.20. The molecule has 1 rings (SSSR count). The maximum absolute atomic E-state index is 12.6. The first kappa shape index (κ1) is 9.63. The molecule has 0 saturated carbocycles. The number of halogens is 4. The van der Waals surface area contributed by atoms with Gasteiger partial charge in [0.2, 0.25) is 0 Å². The molecule has 0 aliphatic rings. The number of aromatic nitrogens is 1. The predicted molar refractivity (Wildman–Crippen MR) is 34.6 cm³/mol. The lowest BCUT2D eigenvalue weighted by Gasteiger charge is -2.07. The summed E-state index contributed by atoms with van der Waals surface area (Å²) in [5.41, 5.74) is -2.37. The van der Waals surface area contributed by atoms with Crippen molar-refractivity contribution in [2.75, 3.05) is 0 Å². The Labute approximate surface area is 70.2 Å². The molecule has 0 atom stereocenters. The highest BCUT2D eigenvalue weighted by molar-refractivity contribution is 5.77. The molecule has 70 valence electrons. The van der Waals surface area contributed by atoms with E-state index in [2.05, 4.69) is 4.98 Å². The van der Waals surface area contributed by atoms with E-state index in [4.69, 9.17) is 0 Å². The summed E-state index contributed by atoms with van der Waals surface area (Å²) in [6.07, 6.45) is -3.98. The van der Waals surface area contributed by atoms with E-state index in [-0.39, 0.29) is 6.29 Å². The summed E-state index contributed by atoms with van der Waals surface area (Å²) in [6, 6.07) is 0. The van der Waals surface area contributed by atoms with Gasteiger partial charge in [-0.25, -0.2) is 4.39 Å². The van der Waals surface area contributed by atoms with Crippen molar-refractivity contribution >= 4 is 6.29 Å². The molecule has 0 amide bonds. The van der Waals surface area contributed by atoms with Gasteiger partial charge < -0.3 is 0 Å². The molecular weight excluding hydrogens is 190 g/mol. The number of pyridine rings is 1. The summed E-state index contributed by atoms with van der Waals surface area (Å²) in [6.45, 7) is 0. The Balaban J connectivity index is 3.37. The van der Waals surface area contributed by atoms with Crippen molar-refractivity contribution in [1.29, 1.82) is 0 Å². The molecule has 1 aromatic heterocycles. The fourth-order valence-corrected chi connectivity index (χ4v) is 0.791. The summed E-state index contributed by atoms with van der Waals surface area (Å²) in [4.78, 5) is 13.1. The second-order valence-electron chi connectivity index (χ2n) is 2.20. The quantitative estimate of drug-likeness (QED) is 0.504. The molecule has 0 unspecified atom stereocenters. The van der Waals surface area contributed by atoms with Crippen molar-refractivity contribution in [3.05, 3.63) is 29.3 Å². The molecule has 1 aromatic rings. The number of aldehydes is 1. The van der Waals surface area contributed by atoms with Gasteiger partial charge in [-0.05, 0) is 0 Å². The van der Waals surface area contributed by atoms with E-state index >= 15 is 0 Å². The van der Waals surface area contributed by atoms with Gasteiger partial charge in [0, 0.05) is 6.20 Å². The zero-order valence-corrected chi connectivity index (χ0v) is 6.10. The maximum atomic E-state index is 12.6. The van der Waals surface area contributed by atoms with Crippen molar-refractivity contribution in [1.82, 2.24) is 4.98 Å². The van der Waals surface area contributed by atoms with E-state index in [1.54, 1.807) is 0 Å². The molecule has 1 heterocycles. The zero-order valence-electron chi connectivity index (χ0n) is 6.10. The van der Waals surface area contributed by atoms with E-state index < -0.39 is 23.1 Å². The van der Waals surface area contributed by atoms with Crippen LogP contribution in [0.2, 0.25) is 0 Å². The Hall–Kier alpha value is -1.46. The van der Waals surface area contributed by atoms with Gasteiger partial charge in [0.1, 0.15) is 0 Å². The molecule has 0 aliphatic carbocycles. The second kappa shape index (κ2) is 3.12. The van der Waals surface area contributed by atoms with Gasteiger partial charge in [0.05, 0.1) is 17.3 Å². The highest BCUT2D eigenvalue weighted by atomic mass is 19.4. The number of hydrogen-bond donors (Lipinski definition) is 0. The largest absolute Gasteiger partial charge is 0.418 e. The van der Waals surface area contributed by atoms with Gasteiger partial charge in [-0.15, -0.1) is 0 Å². The van der Waals surface area contributed by atoms with Crippen LogP contribution in [0.3, 0.4) is 0 Å². The molecule has 2 nitrogen and oxygen atoms in total. The van der Waals surface area contributed by atoms with Gasteiger partial charge in [0.15, 0.2) is 12.1 Å². The summed E-state index contributed by atoms with van der Waals surface area (Å²) in [7, 11) is 0. The van der Waals surface area contributed by atoms with Crippen molar-refractivity contribution in [2.24, 2.45) is 0 Å². The van der Waals surface area contributed by atoms with E-state index in [9.17, 15) is 22.4 Å². The topological polar surface area (TPSA) is 30.0 Å². The van der Waals surface area contributed by atoms with Crippen molar-refractivity contribution in [3.63, 3.8) is 0 Å². The zero-order chi connectivity index (χ0) is 10.1. The molecule has 6 heteroatoms. The molecule has 0 aliphatic heterocycles. The number of carbonyl (C=O) groups excluding carboxylic acids is 1. The molecule has 0 saturated heterocycles. The van der Waals surface area contributed by atoms with Gasteiger partial charge in [-0.3, -0.25) is 9.78 Å². The Kier molecular flexibility index (Phi) is 2.31. The van der Waals surface area contributed by atoms with E-state index in [0.717, 1.165) is 0 Å². The van der Waals surface area contributed by atoms with Crippen LogP contribution in [0, 0.1) is 5.82 Å². The molecule has 13 heavy (non-hydrogen) atoms. The molecule has 0 radical (unpaired) electrons. The van der Waals surface area contributed by atoms with Gasteiger partial charge in [-0.2, -0.15) is 13.2 Å². The fourth-order valence-electron chi connectivity index (χ4n) is 0.791. The lowest BCUT2D eigenvalue weighted by molar-refractivity contribution is -0.138. The van der Waals surface area contributed by atoms with Gasteiger partial charge in [-0.1, -0.05) is 0 Å². The minimum atomic E-state index is -4.76. The van der Waals surface area contributed by atoms with Crippen molar-refractivity contribution < 1.29 is 22.4 Å². The fraction of sp³-hybridized carbons (Fsp3) is 0.143. The average Bonchev–Trinajstić information content (AvgIpc) is 2.02. The third-order valence-electron chi connectivity index (χ3n) is 1.36. The SMILES string of the molecule is O=Cc1c(F)cncc1C(F)(F)F. The third kappa shape index (κ3) is 1.82. The van der Waals surface area contributed by atoms with Crippen LogP contribution in [0.25, 0.3) is 0 Å². The Morgan fingerprint density at radius 1 is 1.31 bits per heavy atom. The monoisotopic (exact) mass is 193 g/mol. The number of nitrogens with zero attached hydrogens (tertiary/aromatic N) is 1. The number of rotatable bonds is 1. The smallest absolute Gasteiger partial charge is 0.298 e. The number of carbonyl (C=O) groups is 1. The first-order valence-corrected chi connectivity index (χ1v) is 3.12. The lowest BCUT2D eigenvalue weighted by atomic mass is 10.1. The minimum Gasteiger partial charge on any atom is -0.298 e. The Bertz CT molecular complexity index is 334. The van der Waals surface area contributed by atoms with Crippen LogP contribution in [-0.4, -0.2) is 11.3 Å². The third-order valence-corrected chi connectivity index (χ3v) is 1.36. The van der Waals surface area contributed by atoms with Crippen LogP contribution in [0.5, 0.6) is 0 Å². The highest BCUT2D eigenvalue weighted by Gasteiger charge is 2.34. The molecular formula is C7H3F4NO. The van der Waals surface area contributed by atoms with Crippen LogP contribution < -0.4 is 0 Å². The van der Waals surface area contributed by atoms with Crippen LogP contribution >= 0.6 is 0 Å². The summed E-state index contributed by atoms with van der Waals surface area (Å²) < 4.78 is 48.7. The van der Waals surface area contributed by atoms with E-state index in [0.29, 0.717) is 12.4 Å². The predicted octanol–water partition coefficient (Wildman–Crippen LogP) is 2.05. The Morgan fingerprint density at radius 3 is 2.31 bits per heavy atom. The van der Waals surface area contributed by atoms with Crippen LogP contribution in [0.15, 0.2) is 12.4 Å². The normalized spacial score (nSPS) is 11.4. The Morgan fingerprint density at radius 2 is 1.92 bits per heavy atom. The molecule has 0 N–H and O–H groups in total. The minimum absolute atomic E-state index is 0.181. The summed E-state index contributed by atoms with van der Waals surface area (Å²) >= 11 is 0. The van der Waals surface area contributed by atoms with Gasteiger partial charge >= 0.3 is 6.18 Å². The maximum Gasteiger partial charge on any atom is 0.418 e. The molecule has 0 spiro atoms. The van der Waals surface area contributed by atoms with Crippen molar-refractivity contribution in [2.45, 2.75) is 6.18 Å². The summed E-state index contributed by atoms with van der Waals surface area (Å²) in [5, 5.41) is 0. The van der Waals surface area contributed by atoms with Crippen LogP contribution in [-0.2, 0) is 6.18 Å². The molecule has 0 aromatic carbocycles. The van der Waals surface area contributed by atoms with Gasteiger partial charge in [0.25, 0.3) is 0 Å². The van der Waals surface area contributed by atoms with E-state index in [1.165, 1.54) is 0 Å². The molecule has 0 fully saturated rings. The first-order valence-electron chi connectivity index (χ1n) is 3.12. The van der Waals surface area contributed by atoms with E-state index in [1.807, 2.05) is 0 Å².